The van der Waals surface area contributed by atoms with Gasteiger partial charge in [-0.15, -0.1) is 0 Å². The number of amides is 2. The van der Waals surface area contributed by atoms with Crippen LogP contribution in [0, 0.1) is 6.92 Å². The molecule has 0 saturated carbocycles. The van der Waals surface area contributed by atoms with Crippen molar-refractivity contribution in [3.05, 3.63) is 51.8 Å². The van der Waals surface area contributed by atoms with E-state index in [0.717, 1.165) is 24.8 Å². The molecule has 30 heavy (non-hydrogen) atoms. The molecule has 1 aliphatic carbocycles. The highest BCUT2D eigenvalue weighted by Crippen LogP contribution is 2.28. The standard InChI is InChI=1S/C21H22N2O7/c1-3-28-21(27)16-11(2)30-19(17(16)18(22)25)23-15(24)10-29-20(26)14-8-7-12-5-4-6-13(12)9-14/h7-9H,3-6,10H2,1-2H3,(H2,22,25)(H,23,24). The number of fused-ring (bicyclic) bond motifs is 1. The molecule has 0 radical (unpaired) electrons. The molecule has 0 spiro atoms. The largest absolute Gasteiger partial charge is 0.462 e. The van der Waals surface area contributed by atoms with Gasteiger partial charge in [0.15, 0.2) is 6.61 Å². The Hall–Kier alpha value is -3.62. The zero-order valence-corrected chi connectivity index (χ0v) is 16.7. The number of nitrogens with two attached hydrogens (primary N) is 1. The van der Waals surface area contributed by atoms with Crippen LogP contribution in [0.5, 0.6) is 0 Å². The van der Waals surface area contributed by atoms with E-state index in [2.05, 4.69) is 5.32 Å². The summed E-state index contributed by atoms with van der Waals surface area (Å²) >= 11 is 0. The third kappa shape index (κ3) is 4.35. The van der Waals surface area contributed by atoms with Crippen LogP contribution in [0.2, 0.25) is 0 Å². The molecule has 0 aliphatic heterocycles. The Morgan fingerprint density at radius 3 is 2.50 bits per heavy atom. The number of carbonyl (C=O) groups excluding carboxylic acids is 4. The molecule has 2 aromatic rings. The summed E-state index contributed by atoms with van der Waals surface area (Å²) in [6.07, 6.45) is 2.95. The fourth-order valence-corrected chi connectivity index (χ4v) is 3.39. The van der Waals surface area contributed by atoms with Gasteiger partial charge in [-0.25, -0.2) is 9.59 Å². The maximum Gasteiger partial charge on any atom is 0.342 e. The van der Waals surface area contributed by atoms with Crippen molar-refractivity contribution in [3.63, 3.8) is 0 Å². The first-order chi connectivity index (χ1) is 14.3. The van der Waals surface area contributed by atoms with Crippen LogP contribution in [0.15, 0.2) is 22.6 Å². The molecule has 3 N–H and O–H groups in total. The van der Waals surface area contributed by atoms with E-state index in [1.54, 1.807) is 19.1 Å². The number of anilines is 1. The first-order valence-electron chi connectivity index (χ1n) is 9.50. The molecule has 9 heteroatoms. The van der Waals surface area contributed by atoms with E-state index < -0.39 is 30.4 Å². The average molecular weight is 414 g/mol. The van der Waals surface area contributed by atoms with Gasteiger partial charge in [-0.05, 0) is 56.4 Å². The highest BCUT2D eigenvalue weighted by Gasteiger charge is 2.29. The summed E-state index contributed by atoms with van der Waals surface area (Å²) in [7, 11) is 0. The van der Waals surface area contributed by atoms with Gasteiger partial charge in [-0.2, -0.15) is 0 Å². The molecule has 0 fully saturated rings. The van der Waals surface area contributed by atoms with E-state index in [9.17, 15) is 19.2 Å². The van der Waals surface area contributed by atoms with Crippen LogP contribution in [0.25, 0.3) is 0 Å². The first-order valence-corrected chi connectivity index (χ1v) is 9.50. The van der Waals surface area contributed by atoms with E-state index in [-0.39, 0.29) is 29.4 Å². The molecule has 1 aliphatic rings. The smallest absolute Gasteiger partial charge is 0.342 e. The van der Waals surface area contributed by atoms with Gasteiger partial charge in [-0.1, -0.05) is 6.07 Å². The number of furan rings is 1. The SMILES string of the molecule is CCOC(=O)c1c(C)oc(NC(=O)COC(=O)c2ccc3c(c2)CCC3)c1C(N)=O. The van der Waals surface area contributed by atoms with E-state index in [0.29, 0.717) is 5.56 Å². The highest BCUT2D eigenvalue weighted by atomic mass is 16.5. The van der Waals surface area contributed by atoms with Crippen LogP contribution >= 0.6 is 0 Å². The molecule has 0 saturated heterocycles. The molecule has 0 unspecified atom stereocenters. The Labute approximate surface area is 172 Å². The number of benzene rings is 1. The van der Waals surface area contributed by atoms with Gasteiger partial charge < -0.3 is 19.6 Å². The van der Waals surface area contributed by atoms with Crippen LogP contribution in [-0.4, -0.2) is 37.0 Å². The molecule has 1 aromatic carbocycles. The van der Waals surface area contributed by atoms with Gasteiger partial charge in [0.05, 0.1) is 12.2 Å². The Morgan fingerprint density at radius 2 is 1.80 bits per heavy atom. The number of primary amides is 1. The lowest BCUT2D eigenvalue weighted by Crippen LogP contribution is -2.23. The van der Waals surface area contributed by atoms with E-state index in [4.69, 9.17) is 19.6 Å². The number of aryl methyl sites for hydroxylation is 3. The predicted molar refractivity (Wildman–Crippen MR) is 105 cm³/mol. The van der Waals surface area contributed by atoms with Gasteiger partial charge in [0, 0.05) is 0 Å². The second-order valence-electron chi connectivity index (χ2n) is 6.78. The van der Waals surface area contributed by atoms with Gasteiger partial charge >= 0.3 is 11.9 Å². The molecular formula is C21H22N2O7. The minimum absolute atomic E-state index is 0.0627. The summed E-state index contributed by atoms with van der Waals surface area (Å²) in [5, 5.41) is 2.31. The summed E-state index contributed by atoms with van der Waals surface area (Å²) < 4.78 is 15.2. The summed E-state index contributed by atoms with van der Waals surface area (Å²) in [5.74, 6) is -3.40. The summed E-state index contributed by atoms with van der Waals surface area (Å²) in [6, 6.07) is 5.33. The fraction of sp³-hybridized carbons (Fsp3) is 0.333. The number of hydrogen-bond acceptors (Lipinski definition) is 7. The van der Waals surface area contributed by atoms with Crippen LogP contribution < -0.4 is 11.1 Å². The van der Waals surface area contributed by atoms with Crippen LogP contribution in [0.3, 0.4) is 0 Å². The van der Waals surface area contributed by atoms with E-state index in [1.807, 2.05) is 6.07 Å². The average Bonchev–Trinajstić information content (AvgIpc) is 3.29. The molecule has 1 aromatic heterocycles. The Morgan fingerprint density at radius 1 is 1.07 bits per heavy atom. The highest BCUT2D eigenvalue weighted by molar-refractivity contribution is 6.10. The summed E-state index contributed by atoms with van der Waals surface area (Å²) in [5.41, 5.74) is 7.56. The van der Waals surface area contributed by atoms with Crippen LogP contribution in [0.4, 0.5) is 5.88 Å². The third-order valence-electron chi connectivity index (χ3n) is 4.73. The molecule has 9 nitrogen and oxygen atoms in total. The van der Waals surface area contributed by atoms with E-state index >= 15 is 0 Å². The number of nitrogens with one attached hydrogen (secondary N) is 1. The minimum Gasteiger partial charge on any atom is -0.462 e. The zero-order chi connectivity index (χ0) is 21.8. The molecular weight excluding hydrogens is 392 g/mol. The van der Waals surface area contributed by atoms with Crippen molar-refractivity contribution >= 4 is 29.6 Å². The first kappa shape index (κ1) is 21.1. The van der Waals surface area contributed by atoms with Crippen molar-refractivity contribution in [1.29, 1.82) is 0 Å². The second-order valence-corrected chi connectivity index (χ2v) is 6.78. The van der Waals surface area contributed by atoms with E-state index in [1.165, 1.54) is 12.5 Å². The third-order valence-corrected chi connectivity index (χ3v) is 4.73. The van der Waals surface area contributed by atoms with Crippen molar-refractivity contribution in [2.24, 2.45) is 5.73 Å². The summed E-state index contributed by atoms with van der Waals surface area (Å²) in [6.45, 7) is 2.52. The lowest BCUT2D eigenvalue weighted by molar-refractivity contribution is -0.119. The maximum atomic E-state index is 12.2. The Balaban J connectivity index is 1.67. The second kappa shape index (κ2) is 8.81. The van der Waals surface area contributed by atoms with Crippen LogP contribution in [0.1, 0.15) is 61.3 Å². The number of esters is 2. The van der Waals surface area contributed by atoms with Crippen molar-refractivity contribution in [2.75, 3.05) is 18.5 Å². The predicted octanol–water partition coefficient (Wildman–Crippen LogP) is 2.15. The number of hydrogen-bond donors (Lipinski definition) is 2. The molecule has 3 rings (SSSR count). The summed E-state index contributed by atoms with van der Waals surface area (Å²) in [4.78, 5) is 48.3. The molecule has 0 atom stereocenters. The topological polar surface area (TPSA) is 138 Å². The monoisotopic (exact) mass is 414 g/mol. The normalized spacial score (nSPS) is 12.2. The fourth-order valence-electron chi connectivity index (χ4n) is 3.39. The van der Waals surface area contributed by atoms with Gasteiger partial charge in [0.1, 0.15) is 16.9 Å². The number of carbonyl (C=O) groups is 4. The lowest BCUT2D eigenvalue weighted by Gasteiger charge is -2.07. The number of ether oxygens (including phenoxy) is 2. The van der Waals surface area contributed by atoms with Crippen molar-refractivity contribution in [1.82, 2.24) is 0 Å². The Kier molecular flexibility index (Phi) is 6.20. The quantitative estimate of drug-likeness (QED) is 0.662. The molecule has 1 heterocycles. The molecule has 2 amide bonds. The number of rotatable bonds is 7. The maximum absolute atomic E-state index is 12.2. The van der Waals surface area contributed by atoms with Gasteiger partial charge in [-0.3, -0.25) is 14.9 Å². The van der Waals surface area contributed by atoms with Crippen LogP contribution in [-0.2, 0) is 27.1 Å². The van der Waals surface area contributed by atoms with Gasteiger partial charge in [0.2, 0.25) is 5.88 Å². The zero-order valence-electron chi connectivity index (χ0n) is 16.7. The molecule has 158 valence electrons. The van der Waals surface area contributed by atoms with Crippen molar-refractivity contribution in [3.8, 4) is 0 Å². The minimum atomic E-state index is -0.972. The lowest BCUT2D eigenvalue weighted by atomic mass is 10.1. The van der Waals surface area contributed by atoms with Gasteiger partial charge in [0.25, 0.3) is 11.8 Å². The Bertz CT molecular complexity index is 1020. The van der Waals surface area contributed by atoms with Crippen molar-refractivity contribution in [2.45, 2.75) is 33.1 Å². The van der Waals surface area contributed by atoms with Crippen molar-refractivity contribution < 1.29 is 33.1 Å². The molecule has 0 bridgehead atoms.